The summed E-state index contributed by atoms with van der Waals surface area (Å²) < 4.78 is 76.0. The molecule has 22 nitrogen and oxygen atoms in total. The zero-order chi connectivity index (χ0) is 57.9. The number of carboxylic acids is 10. The summed E-state index contributed by atoms with van der Waals surface area (Å²) in [4.78, 5) is 92.9. The summed E-state index contributed by atoms with van der Waals surface area (Å²) >= 11 is 0. The Morgan fingerprint density at radius 3 is 0.771 bits per heavy atom. The van der Waals surface area contributed by atoms with Crippen LogP contribution in [0.4, 0.5) is 30.7 Å². The molecule has 0 aromatic heterocycles. The standard InChI is InChI=1S/C12H24O2.C8H16O2.C4H5F3O2.C4H8O2.C3H6O2.C2H2F2O2.C2H3FO3.C2H3FO2.C2H4O3.C2H4O2/c1-2-3-4-5-6-7-8-9-10-11-12(13)14;1-2-3-4-5-6-7-8(9)10;1-2(3(8)9)4(5,6)7;1-2-3-4(5)6;1-2-3(4)5;2*3-1(4)2(5)6;2*3-1-2(4)5;1-2(3)4/h2-11H2,1H3,(H,13,14);2-7H2,1H3,(H,9,10);2H,1H3,(H,8,9);2-3H2,1H3,(H,5,6);2H2,1H3,(H,4,5);1H,(H,5,6);1,4H,(H,5,6);1H2,(H,4,5);3H,1H2,(H,4,5);1H3,(H,3,4)/p-10. The molecule has 70 heavy (non-hydrogen) atoms. The predicted molar refractivity (Wildman–Crippen MR) is 208 cm³/mol. The lowest BCUT2D eigenvalue weighted by Gasteiger charge is -2.15. The van der Waals surface area contributed by atoms with Gasteiger partial charge in [0.2, 0.25) is 6.36 Å². The maximum absolute atomic E-state index is 11.3. The van der Waals surface area contributed by atoms with Crippen LogP contribution in [0.25, 0.3) is 0 Å². The average molecular weight is 1040 g/mol. The van der Waals surface area contributed by atoms with E-state index in [1.807, 2.05) is 0 Å². The zero-order valence-corrected chi connectivity index (χ0v) is 39.8. The SMILES string of the molecule is CC(=O)[O-].CC(C(=O)[O-])C(F)(F)F.CCC(=O)[O-].CCCC(=O)[O-].CCCCCCCC(=O)[O-].CCCCCCCCCCCC(=O)[O-].O=C([O-])C(F)F.O=C([O-])C(O)F.O=C([O-])CF.O=C([O-])CO. The number of carboxylic acid groups (broad SMARTS) is 10. The number of halogens is 7. The molecular weight excluding hydrogens is 977 g/mol. The number of hydrogen-bond donors (Lipinski definition) is 2. The van der Waals surface area contributed by atoms with E-state index in [4.69, 9.17) is 59.7 Å². The Morgan fingerprint density at radius 1 is 0.457 bits per heavy atom. The summed E-state index contributed by atoms with van der Waals surface area (Å²) in [5.74, 6) is -16.9. The number of unbranched alkanes of at least 4 members (excludes halogenated alkanes) is 12. The lowest BCUT2D eigenvalue weighted by atomic mass is 10.1. The van der Waals surface area contributed by atoms with Crippen LogP contribution in [-0.4, -0.2) is 102 Å². The highest BCUT2D eigenvalue weighted by Crippen LogP contribution is 2.24. The smallest absolute Gasteiger partial charge is 0.396 e. The van der Waals surface area contributed by atoms with Crippen molar-refractivity contribution in [3.05, 3.63) is 0 Å². The molecule has 0 aromatic carbocycles. The quantitative estimate of drug-likeness (QED) is 0.0673. The number of rotatable bonds is 24. The highest BCUT2D eigenvalue weighted by atomic mass is 19.4. The van der Waals surface area contributed by atoms with Gasteiger partial charge in [-0.3, -0.25) is 0 Å². The minimum atomic E-state index is -4.68. The van der Waals surface area contributed by atoms with E-state index in [1.165, 1.54) is 64.7 Å². The molecule has 0 heterocycles. The third-order valence-electron chi connectivity index (χ3n) is 6.17. The van der Waals surface area contributed by atoms with E-state index in [1.54, 1.807) is 6.92 Å². The van der Waals surface area contributed by atoms with Crippen molar-refractivity contribution in [1.29, 1.82) is 0 Å². The van der Waals surface area contributed by atoms with Crippen molar-refractivity contribution in [2.75, 3.05) is 13.3 Å². The average Bonchev–Trinajstić information content (AvgIpc) is 3.23. The first-order valence-corrected chi connectivity index (χ1v) is 20.8. The Morgan fingerprint density at radius 2 is 0.686 bits per heavy atom. The normalized spacial score (nSPS) is 10.0. The van der Waals surface area contributed by atoms with Crippen LogP contribution in [0.3, 0.4) is 0 Å². The van der Waals surface area contributed by atoms with Crippen molar-refractivity contribution in [2.45, 2.75) is 182 Å². The molecule has 2 N–H and O–H groups in total. The summed E-state index contributed by atoms with van der Waals surface area (Å²) in [6, 6.07) is 0. The number of hydrogen-bond acceptors (Lipinski definition) is 22. The van der Waals surface area contributed by atoms with E-state index < -0.39 is 97.9 Å². The molecule has 29 heteroatoms. The van der Waals surface area contributed by atoms with Crippen LogP contribution >= 0.6 is 0 Å². The summed E-state index contributed by atoms with van der Waals surface area (Å²) in [5.41, 5.74) is 0. The third kappa shape index (κ3) is 152. The predicted octanol–water partition coefficient (Wildman–Crippen LogP) is -5.41. The van der Waals surface area contributed by atoms with E-state index in [0.29, 0.717) is 13.3 Å². The molecule has 0 fully saturated rings. The third-order valence-corrected chi connectivity index (χ3v) is 6.17. The highest BCUT2D eigenvalue weighted by Gasteiger charge is 2.36. The Hall–Kier alpha value is -5.87. The minimum absolute atomic E-state index is 0.111. The Balaban J connectivity index is -0.0000000733. The number of carbonyl (C=O) groups is 10. The van der Waals surface area contributed by atoms with Gasteiger partial charge in [0.15, 0.2) is 0 Å². The largest absolute Gasteiger partial charge is 0.550 e. The van der Waals surface area contributed by atoms with Crippen LogP contribution in [0.2, 0.25) is 0 Å². The molecule has 0 bridgehead atoms. The molecule has 0 aliphatic heterocycles. The monoisotopic (exact) mass is 1040 g/mol. The number of aliphatic hydroxyl groups is 2. The second-order valence-electron chi connectivity index (χ2n) is 12.7. The van der Waals surface area contributed by atoms with Crippen LogP contribution in [0, 0.1) is 5.92 Å². The van der Waals surface area contributed by atoms with Gasteiger partial charge in [0, 0.05) is 29.8 Å². The first kappa shape index (κ1) is 87.2. The molecule has 0 radical (unpaired) electrons. The van der Waals surface area contributed by atoms with E-state index in [-0.39, 0.29) is 25.7 Å². The second-order valence-corrected chi connectivity index (χ2v) is 12.7. The van der Waals surface area contributed by atoms with Gasteiger partial charge in [-0.1, -0.05) is 111 Å². The number of carbonyl (C=O) groups excluding carboxylic acids is 10. The molecule has 0 aliphatic rings. The molecule has 0 aromatic rings. The Bertz CT molecular complexity index is 1250. The van der Waals surface area contributed by atoms with Gasteiger partial charge in [-0.15, -0.1) is 0 Å². The fourth-order valence-corrected chi connectivity index (χ4v) is 2.79. The molecule has 420 valence electrons. The van der Waals surface area contributed by atoms with Crippen molar-refractivity contribution in [2.24, 2.45) is 5.92 Å². The molecule has 0 aliphatic carbocycles. The van der Waals surface area contributed by atoms with Gasteiger partial charge in [-0.05, 0) is 52.4 Å². The van der Waals surface area contributed by atoms with Crippen molar-refractivity contribution >= 4 is 59.7 Å². The van der Waals surface area contributed by atoms with E-state index in [0.717, 1.165) is 39.0 Å². The lowest BCUT2D eigenvalue weighted by Crippen LogP contribution is -2.38. The molecule has 0 rings (SSSR count). The van der Waals surface area contributed by atoms with Gasteiger partial charge >= 0.3 is 6.18 Å². The molecular formula is C41H65F7O22-10. The lowest BCUT2D eigenvalue weighted by molar-refractivity contribution is -0.325. The summed E-state index contributed by atoms with van der Waals surface area (Å²) in [5, 5.41) is 108. The molecule has 0 spiro atoms. The summed E-state index contributed by atoms with van der Waals surface area (Å²) in [6.07, 6.45) is 6.86. The van der Waals surface area contributed by atoms with Gasteiger partial charge in [0.25, 0.3) is 6.43 Å². The van der Waals surface area contributed by atoms with E-state index in [9.17, 15) is 80.2 Å². The second kappa shape index (κ2) is 67.4. The number of aliphatic hydroxyl groups excluding tert-OH is 2. The fourth-order valence-electron chi connectivity index (χ4n) is 2.79. The van der Waals surface area contributed by atoms with Gasteiger partial charge in [-0.25, -0.2) is 17.6 Å². The maximum atomic E-state index is 11.3. The molecule has 2 unspecified atom stereocenters. The molecule has 0 amide bonds. The fraction of sp³-hybridized carbons (Fsp3) is 0.756. The number of aliphatic carboxylic acids is 10. The zero-order valence-electron chi connectivity index (χ0n) is 39.8. The van der Waals surface area contributed by atoms with Gasteiger partial charge in [-0.2, -0.15) is 13.2 Å². The van der Waals surface area contributed by atoms with Crippen LogP contribution in [0.5, 0.6) is 0 Å². The first-order valence-electron chi connectivity index (χ1n) is 20.8. The van der Waals surface area contributed by atoms with E-state index in [2.05, 4.69) is 13.8 Å². The van der Waals surface area contributed by atoms with Crippen molar-refractivity contribution in [3.8, 4) is 0 Å². The topological polar surface area (TPSA) is 442 Å². The van der Waals surface area contributed by atoms with Crippen LogP contribution < -0.4 is 51.1 Å². The Labute approximate surface area is 401 Å². The maximum Gasteiger partial charge on any atom is 0.396 e. The Kier molecular flexibility index (Phi) is 84.0. The number of alkyl halides is 7. The minimum Gasteiger partial charge on any atom is -0.550 e. The van der Waals surface area contributed by atoms with Crippen LogP contribution in [-0.2, 0) is 47.9 Å². The molecule has 0 saturated heterocycles. The molecule has 2 atom stereocenters. The van der Waals surface area contributed by atoms with Gasteiger partial charge in [0.05, 0.1) is 30.4 Å². The van der Waals surface area contributed by atoms with Crippen molar-refractivity contribution < 1.29 is 140 Å². The van der Waals surface area contributed by atoms with Crippen LogP contribution in [0.1, 0.15) is 164 Å². The van der Waals surface area contributed by atoms with Crippen molar-refractivity contribution in [3.63, 3.8) is 0 Å². The first-order chi connectivity index (χ1) is 32.0. The summed E-state index contributed by atoms with van der Waals surface area (Å²) in [7, 11) is 0. The summed E-state index contributed by atoms with van der Waals surface area (Å²) in [6.45, 7) is 6.93. The van der Waals surface area contributed by atoms with E-state index >= 15 is 0 Å². The molecule has 0 saturated carbocycles. The van der Waals surface area contributed by atoms with Gasteiger partial charge < -0.3 is 109 Å². The van der Waals surface area contributed by atoms with Crippen LogP contribution in [0.15, 0.2) is 0 Å². The van der Waals surface area contributed by atoms with Crippen molar-refractivity contribution in [1.82, 2.24) is 0 Å². The van der Waals surface area contributed by atoms with Gasteiger partial charge in [0.1, 0.15) is 18.6 Å². The highest BCUT2D eigenvalue weighted by molar-refractivity contribution is 5.68.